The molecule has 0 radical (unpaired) electrons. The molecule has 0 aromatic heterocycles. The van der Waals surface area contributed by atoms with Gasteiger partial charge in [0.05, 0.1) is 17.3 Å². The number of halogens is 1. The molecule has 0 saturated carbocycles. The Kier molecular flexibility index (Phi) is 2.83. The van der Waals surface area contributed by atoms with Crippen molar-refractivity contribution in [3.8, 4) is 0 Å². The standard InChI is InChI=1S/C12H13ClN4O2/c13-7-3-6-8(16-12(19)11(6)14)4-9(7)17-2-1-15-10(18)5-17/h3-4,11H,1-2,5,14H2,(H,15,18)(H,16,19). The monoisotopic (exact) mass is 280 g/mol. The molecular formula is C12H13ClN4O2. The number of nitrogens with two attached hydrogens (primary N) is 1. The molecule has 1 aromatic carbocycles. The van der Waals surface area contributed by atoms with Crippen molar-refractivity contribution in [2.75, 3.05) is 29.9 Å². The lowest BCUT2D eigenvalue weighted by Crippen LogP contribution is -2.47. The number of amides is 2. The summed E-state index contributed by atoms with van der Waals surface area (Å²) in [7, 11) is 0. The van der Waals surface area contributed by atoms with E-state index in [4.69, 9.17) is 17.3 Å². The molecule has 6 nitrogen and oxygen atoms in total. The van der Waals surface area contributed by atoms with Gasteiger partial charge in [-0.15, -0.1) is 0 Å². The van der Waals surface area contributed by atoms with Crippen LogP contribution in [0.2, 0.25) is 5.02 Å². The van der Waals surface area contributed by atoms with E-state index in [0.29, 0.717) is 29.4 Å². The van der Waals surface area contributed by atoms with Crippen LogP contribution in [0.25, 0.3) is 0 Å². The first-order chi connectivity index (χ1) is 9.06. The van der Waals surface area contributed by atoms with Gasteiger partial charge in [-0.3, -0.25) is 9.59 Å². The van der Waals surface area contributed by atoms with Gasteiger partial charge in [0.1, 0.15) is 6.04 Å². The fourth-order valence-electron chi connectivity index (χ4n) is 2.38. The van der Waals surface area contributed by atoms with Gasteiger partial charge in [-0.1, -0.05) is 11.6 Å². The van der Waals surface area contributed by atoms with E-state index in [1.807, 2.05) is 4.90 Å². The largest absolute Gasteiger partial charge is 0.359 e. The Labute approximate surface area is 114 Å². The number of nitrogens with one attached hydrogen (secondary N) is 2. The van der Waals surface area contributed by atoms with Crippen LogP contribution in [0, 0.1) is 0 Å². The molecule has 0 aliphatic carbocycles. The molecule has 2 amide bonds. The summed E-state index contributed by atoms with van der Waals surface area (Å²) < 4.78 is 0. The molecule has 1 saturated heterocycles. The van der Waals surface area contributed by atoms with Crippen LogP contribution in [0.15, 0.2) is 12.1 Å². The van der Waals surface area contributed by atoms with E-state index in [9.17, 15) is 9.59 Å². The zero-order valence-electron chi connectivity index (χ0n) is 10.1. The van der Waals surface area contributed by atoms with E-state index in [-0.39, 0.29) is 18.4 Å². The van der Waals surface area contributed by atoms with Gasteiger partial charge >= 0.3 is 0 Å². The van der Waals surface area contributed by atoms with Gasteiger partial charge in [-0.2, -0.15) is 0 Å². The lowest BCUT2D eigenvalue weighted by atomic mass is 10.1. The normalized spacial score (nSPS) is 22.0. The molecule has 2 heterocycles. The summed E-state index contributed by atoms with van der Waals surface area (Å²) in [4.78, 5) is 24.8. The van der Waals surface area contributed by atoms with Gasteiger partial charge in [-0.25, -0.2) is 0 Å². The second-order valence-corrected chi connectivity index (χ2v) is 5.04. The quantitative estimate of drug-likeness (QED) is 0.687. The number of hydrogen-bond donors (Lipinski definition) is 3. The molecule has 1 aromatic rings. The van der Waals surface area contributed by atoms with E-state index in [0.717, 1.165) is 5.69 Å². The Balaban J connectivity index is 1.98. The van der Waals surface area contributed by atoms with Gasteiger partial charge in [0.2, 0.25) is 11.8 Å². The molecule has 2 aliphatic rings. The van der Waals surface area contributed by atoms with Gasteiger partial charge in [0.15, 0.2) is 0 Å². The first-order valence-corrected chi connectivity index (χ1v) is 6.35. The van der Waals surface area contributed by atoms with Crippen LogP contribution in [0.4, 0.5) is 11.4 Å². The average molecular weight is 281 g/mol. The number of benzene rings is 1. The summed E-state index contributed by atoms with van der Waals surface area (Å²) >= 11 is 6.23. The maximum atomic E-state index is 11.5. The van der Waals surface area contributed by atoms with Crippen LogP contribution in [-0.4, -0.2) is 31.4 Å². The third kappa shape index (κ3) is 2.02. The Morgan fingerprint density at radius 3 is 2.89 bits per heavy atom. The molecule has 7 heteroatoms. The minimum atomic E-state index is -0.675. The maximum Gasteiger partial charge on any atom is 0.245 e. The number of carbonyl (C=O) groups excluding carboxylic acids is 2. The van der Waals surface area contributed by atoms with Crippen molar-refractivity contribution >= 4 is 34.8 Å². The third-order valence-corrected chi connectivity index (χ3v) is 3.68. The zero-order valence-corrected chi connectivity index (χ0v) is 10.8. The summed E-state index contributed by atoms with van der Waals surface area (Å²) in [5.74, 6) is -0.275. The van der Waals surface area contributed by atoms with E-state index < -0.39 is 6.04 Å². The highest BCUT2D eigenvalue weighted by molar-refractivity contribution is 6.33. The maximum absolute atomic E-state index is 11.5. The predicted octanol–water partition coefficient (Wildman–Crippen LogP) is 0.228. The number of hydrogen-bond acceptors (Lipinski definition) is 4. The molecule has 19 heavy (non-hydrogen) atoms. The highest BCUT2D eigenvalue weighted by atomic mass is 35.5. The number of anilines is 2. The zero-order chi connectivity index (χ0) is 13.6. The van der Waals surface area contributed by atoms with E-state index in [2.05, 4.69) is 10.6 Å². The Morgan fingerprint density at radius 2 is 2.16 bits per heavy atom. The summed E-state index contributed by atoms with van der Waals surface area (Å²) in [6.07, 6.45) is 0. The minimum Gasteiger partial charge on any atom is -0.359 e. The van der Waals surface area contributed by atoms with Crippen molar-refractivity contribution in [1.29, 1.82) is 0 Å². The van der Waals surface area contributed by atoms with Crippen molar-refractivity contribution in [1.82, 2.24) is 5.32 Å². The van der Waals surface area contributed by atoms with E-state index in [1.165, 1.54) is 0 Å². The molecule has 1 unspecified atom stereocenters. The second kappa shape index (κ2) is 4.40. The summed E-state index contributed by atoms with van der Waals surface area (Å²) in [5, 5.41) is 5.97. The molecule has 100 valence electrons. The van der Waals surface area contributed by atoms with Gasteiger partial charge in [-0.05, 0) is 12.1 Å². The molecular weight excluding hydrogens is 268 g/mol. The lowest BCUT2D eigenvalue weighted by molar-refractivity contribution is -0.120. The smallest absolute Gasteiger partial charge is 0.245 e. The van der Waals surface area contributed by atoms with E-state index >= 15 is 0 Å². The number of fused-ring (bicyclic) bond motifs is 1. The highest BCUT2D eigenvalue weighted by Crippen LogP contribution is 2.38. The highest BCUT2D eigenvalue weighted by Gasteiger charge is 2.29. The van der Waals surface area contributed by atoms with Crippen molar-refractivity contribution in [2.45, 2.75) is 6.04 Å². The molecule has 4 N–H and O–H groups in total. The Bertz CT molecular complexity index is 575. The van der Waals surface area contributed by atoms with Crippen LogP contribution in [0.3, 0.4) is 0 Å². The Morgan fingerprint density at radius 1 is 1.37 bits per heavy atom. The minimum absolute atomic E-state index is 0.0384. The van der Waals surface area contributed by atoms with Gasteiger partial charge in [0, 0.05) is 24.3 Å². The molecule has 1 atom stereocenters. The van der Waals surface area contributed by atoms with Crippen molar-refractivity contribution in [3.05, 3.63) is 22.7 Å². The summed E-state index contributed by atoms with van der Waals surface area (Å²) in [6, 6.07) is 2.80. The SMILES string of the molecule is NC1C(=O)Nc2cc(N3CCNC(=O)C3)c(Cl)cc21. The van der Waals surface area contributed by atoms with Crippen molar-refractivity contribution in [2.24, 2.45) is 5.73 Å². The summed E-state index contributed by atoms with van der Waals surface area (Å²) in [6.45, 7) is 1.53. The average Bonchev–Trinajstić information content (AvgIpc) is 2.65. The number of carbonyl (C=O) groups is 2. The predicted molar refractivity (Wildman–Crippen MR) is 72.2 cm³/mol. The van der Waals surface area contributed by atoms with Crippen LogP contribution >= 0.6 is 11.6 Å². The molecule has 3 rings (SSSR count). The Hall–Kier alpha value is -1.79. The van der Waals surface area contributed by atoms with Crippen molar-refractivity contribution in [3.63, 3.8) is 0 Å². The first-order valence-electron chi connectivity index (χ1n) is 5.98. The molecule has 0 bridgehead atoms. The topological polar surface area (TPSA) is 87.5 Å². The summed E-state index contributed by atoms with van der Waals surface area (Å²) in [5.41, 5.74) is 7.87. The van der Waals surface area contributed by atoms with Gasteiger partial charge < -0.3 is 21.3 Å². The van der Waals surface area contributed by atoms with E-state index in [1.54, 1.807) is 12.1 Å². The van der Waals surface area contributed by atoms with Crippen LogP contribution in [0.1, 0.15) is 11.6 Å². The lowest BCUT2D eigenvalue weighted by Gasteiger charge is -2.29. The number of nitrogens with zero attached hydrogens (tertiary/aromatic N) is 1. The van der Waals surface area contributed by atoms with Crippen LogP contribution in [-0.2, 0) is 9.59 Å². The number of rotatable bonds is 1. The molecule has 0 spiro atoms. The van der Waals surface area contributed by atoms with Gasteiger partial charge in [0.25, 0.3) is 0 Å². The van der Waals surface area contributed by atoms with Crippen LogP contribution < -0.4 is 21.3 Å². The fourth-order valence-corrected chi connectivity index (χ4v) is 2.67. The van der Waals surface area contributed by atoms with Crippen molar-refractivity contribution < 1.29 is 9.59 Å². The molecule has 2 aliphatic heterocycles. The molecule has 1 fully saturated rings. The number of piperazine rings is 1. The fraction of sp³-hybridized carbons (Fsp3) is 0.333. The third-order valence-electron chi connectivity index (χ3n) is 3.37. The second-order valence-electron chi connectivity index (χ2n) is 4.63. The first kappa shape index (κ1) is 12.3. The van der Waals surface area contributed by atoms with Crippen LogP contribution in [0.5, 0.6) is 0 Å².